The Morgan fingerprint density at radius 2 is 2.12 bits per heavy atom. The van der Waals surface area contributed by atoms with Crippen LogP contribution in [0.1, 0.15) is 44.9 Å². The summed E-state index contributed by atoms with van der Waals surface area (Å²) < 4.78 is 0. The van der Waals surface area contributed by atoms with Crippen molar-refractivity contribution in [3.05, 3.63) is 0 Å². The summed E-state index contributed by atoms with van der Waals surface area (Å²) in [7, 11) is 0. The van der Waals surface area contributed by atoms with Crippen LogP contribution >= 0.6 is 0 Å². The molecule has 0 aromatic heterocycles. The molecule has 0 atom stereocenters. The van der Waals surface area contributed by atoms with Crippen LogP contribution in [0.25, 0.3) is 0 Å². The van der Waals surface area contributed by atoms with Gasteiger partial charge in [-0.3, -0.25) is 0 Å². The molecule has 0 aliphatic heterocycles. The average molecular weight is 225 g/mol. The molecule has 0 saturated heterocycles. The largest absolute Gasteiger partial charge is 0.409 e. The lowest BCUT2D eigenvalue weighted by Crippen LogP contribution is -2.26. The molecule has 2 saturated carbocycles. The first-order valence-electron chi connectivity index (χ1n) is 6.44. The Labute approximate surface area is 97.3 Å². The van der Waals surface area contributed by atoms with Crippen molar-refractivity contribution in [1.82, 2.24) is 5.32 Å². The Bertz CT molecular complexity index is 257. The Kier molecular flexibility index (Phi) is 3.69. The molecule has 92 valence electrons. The Hall–Kier alpha value is -0.770. The van der Waals surface area contributed by atoms with Crippen LogP contribution in [0.4, 0.5) is 0 Å². The molecule has 2 fully saturated rings. The fourth-order valence-electron chi connectivity index (χ4n) is 2.53. The van der Waals surface area contributed by atoms with Gasteiger partial charge in [-0.05, 0) is 56.4 Å². The van der Waals surface area contributed by atoms with Crippen molar-refractivity contribution < 1.29 is 5.21 Å². The number of nitrogens with zero attached hydrogens (tertiary/aromatic N) is 1. The lowest BCUT2D eigenvalue weighted by Gasteiger charge is -2.14. The molecule has 2 rings (SSSR count). The first-order valence-corrected chi connectivity index (χ1v) is 6.44. The topological polar surface area (TPSA) is 70.6 Å². The standard InChI is InChI=1S/C12H23N3O/c13-11(15-16)3-1-2-8-14-9-12(6-7-12)10-4-5-10/h10,14,16H,1-9H2,(H2,13,15). The van der Waals surface area contributed by atoms with Crippen LogP contribution in [0.2, 0.25) is 0 Å². The molecule has 0 aromatic rings. The molecular weight excluding hydrogens is 202 g/mol. The van der Waals surface area contributed by atoms with Crippen molar-refractivity contribution in [1.29, 1.82) is 0 Å². The molecule has 0 spiro atoms. The molecule has 0 bridgehead atoms. The third-order valence-corrected chi connectivity index (χ3v) is 3.98. The number of hydrogen-bond donors (Lipinski definition) is 3. The van der Waals surface area contributed by atoms with Crippen molar-refractivity contribution in [3.8, 4) is 0 Å². The Morgan fingerprint density at radius 3 is 2.69 bits per heavy atom. The monoisotopic (exact) mass is 225 g/mol. The summed E-state index contributed by atoms with van der Waals surface area (Å²) in [5, 5.41) is 14.9. The lowest BCUT2D eigenvalue weighted by atomic mass is 10.0. The average Bonchev–Trinajstić information content (AvgIpc) is 3.15. The van der Waals surface area contributed by atoms with E-state index in [2.05, 4.69) is 10.5 Å². The quantitative estimate of drug-likeness (QED) is 0.193. The number of rotatable bonds is 8. The van der Waals surface area contributed by atoms with Gasteiger partial charge in [0, 0.05) is 13.0 Å². The molecule has 0 radical (unpaired) electrons. The fraction of sp³-hybridized carbons (Fsp3) is 0.917. The first-order chi connectivity index (χ1) is 7.77. The van der Waals surface area contributed by atoms with Crippen LogP contribution in [0.3, 0.4) is 0 Å². The minimum absolute atomic E-state index is 0.344. The molecule has 0 heterocycles. The van der Waals surface area contributed by atoms with Gasteiger partial charge in [-0.1, -0.05) is 5.16 Å². The highest BCUT2D eigenvalue weighted by atomic mass is 16.4. The van der Waals surface area contributed by atoms with Gasteiger partial charge in [0.05, 0.1) is 0 Å². The predicted molar refractivity (Wildman–Crippen MR) is 64.5 cm³/mol. The van der Waals surface area contributed by atoms with Crippen molar-refractivity contribution in [3.63, 3.8) is 0 Å². The van der Waals surface area contributed by atoms with Crippen LogP contribution < -0.4 is 11.1 Å². The second-order valence-electron chi connectivity index (χ2n) is 5.36. The summed E-state index contributed by atoms with van der Waals surface area (Å²) in [6, 6.07) is 0. The molecule has 0 unspecified atom stereocenters. The summed E-state index contributed by atoms with van der Waals surface area (Å²) in [5.74, 6) is 1.38. The zero-order valence-electron chi connectivity index (χ0n) is 9.91. The molecule has 4 N–H and O–H groups in total. The van der Waals surface area contributed by atoms with Crippen LogP contribution in [0.15, 0.2) is 5.16 Å². The van der Waals surface area contributed by atoms with Gasteiger partial charge >= 0.3 is 0 Å². The van der Waals surface area contributed by atoms with Gasteiger partial charge in [0.2, 0.25) is 0 Å². The normalized spacial score (nSPS) is 23.4. The van der Waals surface area contributed by atoms with Crippen molar-refractivity contribution >= 4 is 5.84 Å². The van der Waals surface area contributed by atoms with Crippen molar-refractivity contribution in [2.75, 3.05) is 13.1 Å². The van der Waals surface area contributed by atoms with Crippen LogP contribution in [0, 0.1) is 11.3 Å². The number of nitrogens with two attached hydrogens (primary N) is 1. The van der Waals surface area contributed by atoms with Gasteiger partial charge in [-0.2, -0.15) is 0 Å². The Morgan fingerprint density at radius 1 is 1.38 bits per heavy atom. The minimum atomic E-state index is 0.344. The van der Waals surface area contributed by atoms with Crippen LogP contribution in [-0.4, -0.2) is 24.1 Å². The molecule has 2 aliphatic carbocycles. The third-order valence-electron chi connectivity index (χ3n) is 3.98. The van der Waals surface area contributed by atoms with Crippen molar-refractivity contribution in [2.45, 2.75) is 44.9 Å². The molecule has 2 aliphatic rings. The van der Waals surface area contributed by atoms with Gasteiger partial charge < -0.3 is 16.3 Å². The number of hydrogen-bond acceptors (Lipinski definition) is 3. The Balaban J connectivity index is 1.46. The SMILES string of the molecule is NC(CCCCNCC1(C2CC2)CC1)=NO. The zero-order chi connectivity index (χ0) is 11.4. The maximum absolute atomic E-state index is 8.37. The molecule has 0 amide bonds. The molecular formula is C12H23N3O. The van der Waals surface area contributed by atoms with E-state index >= 15 is 0 Å². The third kappa shape index (κ3) is 3.11. The lowest BCUT2D eigenvalue weighted by molar-refractivity contribution is 0.316. The summed E-state index contributed by atoms with van der Waals surface area (Å²) in [4.78, 5) is 0. The first kappa shape index (κ1) is 11.7. The predicted octanol–water partition coefficient (Wildman–Crippen LogP) is 1.68. The van der Waals surface area contributed by atoms with Crippen LogP contribution in [-0.2, 0) is 0 Å². The number of unbranched alkanes of at least 4 members (excludes halogenated alkanes) is 1. The van der Waals surface area contributed by atoms with Gasteiger partial charge in [0.25, 0.3) is 0 Å². The smallest absolute Gasteiger partial charge is 0.139 e. The minimum Gasteiger partial charge on any atom is -0.409 e. The highest BCUT2D eigenvalue weighted by Gasteiger charge is 2.52. The molecule has 4 heteroatoms. The fourth-order valence-corrected chi connectivity index (χ4v) is 2.53. The summed E-state index contributed by atoms with van der Waals surface area (Å²) in [6.45, 7) is 2.27. The van der Waals surface area contributed by atoms with E-state index in [1.807, 2.05) is 0 Å². The van der Waals surface area contributed by atoms with E-state index in [0.29, 0.717) is 17.7 Å². The second-order valence-corrected chi connectivity index (χ2v) is 5.36. The van der Waals surface area contributed by atoms with E-state index in [9.17, 15) is 0 Å². The molecule has 4 nitrogen and oxygen atoms in total. The van der Waals surface area contributed by atoms with E-state index in [0.717, 1.165) is 25.3 Å². The summed E-state index contributed by atoms with van der Waals surface area (Å²) in [6.07, 6.45) is 8.61. The van der Waals surface area contributed by atoms with Crippen molar-refractivity contribution in [2.24, 2.45) is 22.2 Å². The van der Waals surface area contributed by atoms with E-state index in [1.165, 1.54) is 32.2 Å². The highest BCUT2D eigenvalue weighted by molar-refractivity contribution is 5.79. The zero-order valence-corrected chi connectivity index (χ0v) is 9.91. The van der Waals surface area contributed by atoms with E-state index in [-0.39, 0.29) is 0 Å². The van der Waals surface area contributed by atoms with Gasteiger partial charge in [-0.25, -0.2) is 0 Å². The van der Waals surface area contributed by atoms with Crippen LogP contribution in [0.5, 0.6) is 0 Å². The number of nitrogens with one attached hydrogen (secondary N) is 1. The maximum atomic E-state index is 8.37. The molecule has 16 heavy (non-hydrogen) atoms. The maximum Gasteiger partial charge on any atom is 0.139 e. The van der Waals surface area contributed by atoms with Gasteiger partial charge in [0.15, 0.2) is 0 Å². The van der Waals surface area contributed by atoms with Gasteiger partial charge in [-0.15, -0.1) is 0 Å². The van der Waals surface area contributed by atoms with E-state index in [4.69, 9.17) is 10.9 Å². The van der Waals surface area contributed by atoms with E-state index < -0.39 is 0 Å². The second kappa shape index (κ2) is 5.04. The number of amidine groups is 1. The highest BCUT2D eigenvalue weighted by Crippen LogP contribution is 2.60. The van der Waals surface area contributed by atoms with E-state index in [1.54, 1.807) is 0 Å². The number of oxime groups is 1. The van der Waals surface area contributed by atoms with Gasteiger partial charge in [0.1, 0.15) is 5.84 Å². The summed E-state index contributed by atoms with van der Waals surface area (Å²) >= 11 is 0. The summed E-state index contributed by atoms with van der Waals surface area (Å²) in [5.41, 5.74) is 6.09. The molecule has 0 aromatic carbocycles.